The number of hydrogen-bond donors (Lipinski definition) is 0. The molecule has 3 nitrogen and oxygen atoms in total. The molecule has 0 aliphatic rings. The molecule has 0 aliphatic heterocycles. The minimum Gasteiger partial charge on any atom is -0.707 e. The van der Waals surface area contributed by atoms with Gasteiger partial charge in [-0.05, 0) is 10.8 Å². The van der Waals surface area contributed by atoms with Gasteiger partial charge in [-0.15, -0.1) is 0 Å². The van der Waals surface area contributed by atoms with Gasteiger partial charge in [0.15, 0.2) is 5.16 Å². The Morgan fingerprint density at radius 1 is 1.30 bits per heavy atom. The van der Waals surface area contributed by atoms with Crippen LogP contribution in [0.2, 0.25) is 0 Å². The molecule has 0 bridgehead atoms. The molecule has 7 heteroatoms. The molecule has 1 aromatic heterocycles. The van der Waals surface area contributed by atoms with Crippen LogP contribution in [-0.4, -0.2) is 15.0 Å². The number of nitrogens with zero attached hydrogens (tertiary/aromatic N) is 3. The van der Waals surface area contributed by atoms with Gasteiger partial charge in [0, 0.05) is 0 Å². The van der Waals surface area contributed by atoms with Crippen LogP contribution in [0, 0.1) is 0 Å². The van der Waals surface area contributed by atoms with E-state index in [0.29, 0.717) is 5.16 Å². The molecule has 1 aromatic rings. The molecular formula is C3H2AgN3S3. The summed E-state index contributed by atoms with van der Waals surface area (Å²) in [4.78, 5) is 11.3. The summed E-state index contributed by atoms with van der Waals surface area (Å²) in [5, 5.41) is 0.657. The summed E-state index contributed by atoms with van der Waals surface area (Å²) >= 11 is 4.61. The minimum atomic E-state index is 0. The van der Waals surface area contributed by atoms with Crippen molar-refractivity contribution in [2.75, 3.05) is 0 Å². The van der Waals surface area contributed by atoms with Crippen molar-refractivity contribution in [3.63, 3.8) is 0 Å². The van der Waals surface area contributed by atoms with Gasteiger partial charge in [0.1, 0.15) is 12.7 Å². The molecule has 10 heavy (non-hydrogen) atoms. The van der Waals surface area contributed by atoms with Crippen LogP contribution in [0.5, 0.6) is 0 Å². The SMILES string of the molecule is [Ag+].[S-]SSc1ncncn1. The smallest absolute Gasteiger partial charge is 0.707 e. The van der Waals surface area contributed by atoms with E-state index in [9.17, 15) is 0 Å². The van der Waals surface area contributed by atoms with Crippen molar-refractivity contribution in [2.45, 2.75) is 5.16 Å². The molecule has 0 amide bonds. The van der Waals surface area contributed by atoms with Crippen LogP contribution < -0.4 is 0 Å². The Balaban J connectivity index is 0.000000810. The second-order valence-electron chi connectivity index (χ2n) is 1.07. The van der Waals surface area contributed by atoms with Crippen molar-refractivity contribution in [1.29, 1.82) is 0 Å². The Bertz CT molecular complexity index is 172. The maximum atomic E-state index is 4.61. The summed E-state index contributed by atoms with van der Waals surface area (Å²) in [6, 6.07) is 0. The molecule has 0 saturated heterocycles. The molecule has 0 radical (unpaired) electrons. The molecule has 1 heterocycles. The van der Waals surface area contributed by atoms with E-state index in [1.807, 2.05) is 0 Å². The second kappa shape index (κ2) is 6.51. The minimum absolute atomic E-state index is 0. The van der Waals surface area contributed by atoms with Gasteiger partial charge in [-0.2, -0.15) is 0 Å². The third kappa shape index (κ3) is 3.85. The summed E-state index contributed by atoms with van der Waals surface area (Å²) in [5.74, 6) is 0. The predicted molar refractivity (Wildman–Crippen MR) is 40.6 cm³/mol. The van der Waals surface area contributed by atoms with Crippen LogP contribution >= 0.6 is 20.6 Å². The molecule has 58 valence electrons. The van der Waals surface area contributed by atoms with Gasteiger partial charge in [-0.25, -0.2) is 15.0 Å². The Morgan fingerprint density at radius 2 is 1.90 bits per heavy atom. The first-order chi connectivity index (χ1) is 4.43. The molecule has 0 fully saturated rings. The van der Waals surface area contributed by atoms with Gasteiger partial charge < -0.3 is 11.7 Å². The Morgan fingerprint density at radius 3 is 2.40 bits per heavy atom. The van der Waals surface area contributed by atoms with Crippen LogP contribution in [0.3, 0.4) is 0 Å². The van der Waals surface area contributed by atoms with E-state index in [2.05, 4.69) is 26.6 Å². The standard InChI is InChI=1S/C3H3N3S3.Ag/c7-9-8-3-5-1-4-2-6-3;/h1-2,7H;/q;+1/p-1. The van der Waals surface area contributed by atoms with E-state index in [1.54, 1.807) is 0 Å². The van der Waals surface area contributed by atoms with E-state index >= 15 is 0 Å². The van der Waals surface area contributed by atoms with Gasteiger partial charge >= 0.3 is 22.4 Å². The fourth-order valence-electron chi connectivity index (χ4n) is 0.302. The topological polar surface area (TPSA) is 38.7 Å². The molecule has 0 aliphatic carbocycles. The van der Waals surface area contributed by atoms with Crippen molar-refractivity contribution >= 4 is 32.3 Å². The van der Waals surface area contributed by atoms with Crippen LogP contribution in [0.4, 0.5) is 0 Å². The van der Waals surface area contributed by atoms with Crippen LogP contribution in [0.15, 0.2) is 17.8 Å². The third-order valence-electron chi connectivity index (χ3n) is 0.578. The van der Waals surface area contributed by atoms with Crippen molar-refractivity contribution in [2.24, 2.45) is 0 Å². The first kappa shape index (κ1) is 10.8. The zero-order valence-corrected chi connectivity index (χ0v) is 8.45. The third-order valence-corrected chi connectivity index (χ3v) is 2.27. The van der Waals surface area contributed by atoms with Crippen LogP contribution in [0.25, 0.3) is 0 Å². The normalized spacial score (nSPS) is 8.50. The zero-order chi connectivity index (χ0) is 6.53. The van der Waals surface area contributed by atoms with E-state index in [1.165, 1.54) is 33.3 Å². The van der Waals surface area contributed by atoms with Gasteiger partial charge in [-0.3, -0.25) is 9.83 Å². The Kier molecular flexibility index (Phi) is 7.03. The maximum Gasteiger partial charge on any atom is 1.00 e. The van der Waals surface area contributed by atoms with Crippen molar-refractivity contribution in [1.82, 2.24) is 15.0 Å². The average Bonchev–Trinajstić information content (AvgIpc) is 1.91. The van der Waals surface area contributed by atoms with E-state index in [4.69, 9.17) is 0 Å². The molecule has 0 atom stereocenters. The predicted octanol–water partition coefficient (Wildman–Crippen LogP) is 1.07. The summed E-state index contributed by atoms with van der Waals surface area (Å²) < 4.78 is 0. The molecule has 0 N–H and O–H groups in total. The van der Waals surface area contributed by atoms with Gasteiger partial charge in [0.25, 0.3) is 0 Å². The number of aromatic nitrogens is 3. The quantitative estimate of drug-likeness (QED) is 0.459. The van der Waals surface area contributed by atoms with Gasteiger partial charge in [-0.1, -0.05) is 0 Å². The van der Waals surface area contributed by atoms with Gasteiger partial charge in [0.2, 0.25) is 0 Å². The summed E-state index contributed by atoms with van der Waals surface area (Å²) in [5.41, 5.74) is 0. The Labute approximate surface area is 86.9 Å². The zero-order valence-electron chi connectivity index (χ0n) is 4.52. The Hall–Kier alpha value is 0.800. The largest absolute Gasteiger partial charge is 1.00 e. The van der Waals surface area contributed by atoms with E-state index in [0.717, 1.165) is 0 Å². The van der Waals surface area contributed by atoms with Crippen LogP contribution in [-0.2, 0) is 34.0 Å². The summed E-state index contributed by atoms with van der Waals surface area (Å²) in [7, 11) is 2.55. The summed E-state index contributed by atoms with van der Waals surface area (Å²) in [6.07, 6.45) is 2.89. The van der Waals surface area contributed by atoms with E-state index in [-0.39, 0.29) is 22.4 Å². The monoisotopic (exact) mass is 283 g/mol. The van der Waals surface area contributed by atoms with E-state index < -0.39 is 0 Å². The summed E-state index contributed by atoms with van der Waals surface area (Å²) in [6.45, 7) is 0. The average molecular weight is 284 g/mol. The van der Waals surface area contributed by atoms with Crippen molar-refractivity contribution < 1.29 is 22.4 Å². The second-order valence-corrected chi connectivity index (χ2v) is 3.87. The van der Waals surface area contributed by atoms with Crippen LogP contribution in [0.1, 0.15) is 0 Å². The molecule has 0 spiro atoms. The van der Waals surface area contributed by atoms with Crippen molar-refractivity contribution in [3.8, 4) is 0 Å². The maximum absolute atomic E-state index is 4.61. The first-order valence-corrected chi connectivity index (χ1v) is 5.09. The molecule has 0 unspecified atom stereocenters. The number of hydrogen-bond acceptors (Lipinski definition) is 6. The fourth-order valence-corrected chi connectivity index (χ4v) is 1.53. The first-order valence-electron chi connectivity index (χ1n) is 2.02. The van der Waals surface area contributed by atoms with Gasteiger partial charge in [0.05, 0.1) is 0 Å². The molecule has 1 rings (SSSR count). The molecule has 0 saturated carbocycles. The molecular weight excluding hydrogens is 282 g/mol. The number of rotatable bonds is 2. The van der Waals surface area contributed by atoms with Crippen molar-refractivity contribution in [3.05, 3.63) is 12.7 Å². The molecule has 0 aromatic carbocycles. The fraction of sp³-hybridized carbons (Fsp3) is 0.